The Hall–Kier alpha value is -3.16. The average Bonchev–Trinajstić information content (AvgIpc) is 3.28. The summed E-state index contributed by atoms with van der Waals surface area (Å²) in [5.74, 6) is 1.90. The molecule has 26 heavy (non-hydrogen) atoms. The Labute approximate surface area is 150 Å². The van der Waals surface area contributed by atoms with Gasteiger partial charge in [-0.05, 0) is 36.1 Å². The maximum Gasteiger partial charge on any atom is 0.270 e. The fraction of sp³-hybridized carbons (Fsp3) is 0.333. The van der Waals surface area contributed by atoms with Gasteiger partial charge in [0.25, 0.3) is 11.7 Å². The normalized spacial score (nSPS) is 12.7. The number of ether oxygens (including phenoxy) is 2. The Morgan fingerprint density at radius 1 is 1.27 bits per heavy atom. The molecule has 0 aliphatic carbocycles. The molecule has 0 radical (unpaired) electrons. The van der Waals surface area contributed by atoms with Crippen LogP contribution >= 0.6 is 0 Å². The van der Waals surface area contributed by atoms with E-state index in [0.29, 0.717) is 24.4 Å². The predicted octanol–water partition coefficient (Wildman–Crippen LogP) is 1.95. The first-order chi connectivity index (χ1) is 12.6. The van der Waals surface area contributed by atoms with Gasteiger partial charge >= 0.3 is 0 Å². The Kier molecular flexibility index (Phi) is 4.16. The second kappa shape index (κ2) is 6.62. The van der Waals surface area contributed by atoms with Crippen molar-refractivity contribution < 1.29 is 14.3 Å². The summed E-state index contributed by atoms with van der Waals surface area (Å²) in [7, 11) is 0. The zero-order chi connectivity index (χ0) is 18.1. The van der Waals surface area contributed by atoms with Crippen molar-refractivity contribution in [1.29, 1.82) is 0 Å². The number of rotatable bonds is 5. The number of hydrogen-bond donors (Lipinski definition) is 1. The van der Waals surface area contributed by atoms with E-state index in [4.69, 9.17) is 9.47 Å². The van der Waals surface area contributed by atoms with E-state index in [1.807, 2.05) is 32.0 Å². The van der Waals surface area contributed by atoms with Crippen molar-refractivity contribution in [2.75, 3.05) is 13.3 Å². The van der Waals surface area contributed by atoms with Crippen molar-refractivity contribution in [3.63, 3.8) is 0 Å². The van der Waals surface area contributed by atoms with Crippen LogP contribution in [0.3, 0.4) is 0 Å². The van der Waals surface area contributed by atoms with Gasteiger partial charge < -0.3 is 14.8 Å². The number of benzene rings is 1. The van der Waals surface area contributed by atoms with Crippen LogP contribution in [0.1, 0.15) is 41.5 Å². The van der Waals surface area contributed by atoms with Crippen LogP contribution in [0.25, 0.3) is 5.78 Å². The summed E-state index contributed by atoms with van der Waals surface area (Å²) in [5, 5.41) is 7.07. The van der Waals surface area contributed by atoms with Crippen molar-refractivity contribution in [3.05, 3.63) is 47.5 Å². The zero-order valence-corrected chi connectivity index (χ0v) is 14.6. The number of fused-ring (bicyclic) bond motifs is 2. The van der Waals surface area contributed by atoms with Crippen LogP contribution in [0.2, 0.25) is 0 Å². The molecule has 0 spiro atoms. The van der Waals surface area contributed by atoms with Crippen LogP contribution in [-0.2, 0) is 6.42 Å². The molecule has 3 aromatic rings. The van der Waals surface area contributed by atoms with Gasteiger partial charge in [0.15, 0.2) is 11.5 Å². The lowest BCUT2D eigenvalue weighted by Crippen LogP contribution is -2.27. The van der Waals surface area contributed by atoms with Gasteiger partial charge in [-0.2, -0.15) is 10.1 Å². The van der Waals surface area contributed by atoms with Crippen LogP contribution in [0.4, 0.5) is 0 Å². The minimum atomic E-state index is -0.224. The summed E-state index contributed by atoms with van der Waals surface area (Å²) in [6, 6.07) is 7.56. The Bertz CT molecular complexity index is 967. The van der Waals surface area contributed by atoms with Gasteiger partial charge in [0, 0.05) is 6.54 Å². The third kappa shape index (κ3) is 3.05. The fourth-order valence-corrected chi connectivity index (χ4v) is 2.87. The Morgan fingerprint density at radius 3 is 2.96 bits per heavy atom. The van der Waals surface area contributed by atoms with Crippen LogP contribution in [0.5, 0.6) is 11.5 Å². The molecule has 1 N–H and O–H groups in total. The molecular formula is C18H19N5O3. The molecule has 1 aliphatic rings. The van der Waals surface area contributed by atoms with Gasteiger partial charge in [0.2, 0.25) is 6.79 Å². The highest BCUT2D eigenvalue weighted by Crippen LogP contribution is 2.32. The minimum Gasteiger partial charge on any atom is -0.454 e. The standard InChI is InChI=1S/C18H19N5O3/c1-11(2)14-8-13(22-18-20-9-21-23(14)18)17(24)19-6-5-12-3-4-15-16(7-12)26-10-25-15/h3-4,7-9,11H,5-6,10H2,1-2H3,(H,19,24). The van der Waals surface area contributed by atoms with Gasteiger partial charge in [0.05, 0.1) is 5.69 Å². The molecule has 1 amide bonds. The van der Waals surface area contributed by atoms with E-state index in [2.05, 4.69) is 20.4 Å². The zero-order valence-electron chi connectivity index (χ0n) is 14.6. The summed E-state index contributed by atoms with van der Waals surface area (Å²) in [5.41, 5.74) is 2.31. The van der Waals surface area contributed by atoms with Crippen LogP contribution in [-0.4, -0.2) is 38.8 Å². The first kappa shape index (κ1) is 16.3. The van der Waals surface area contributed by atoms with Crippen molar-refractivity contribution in [2.24, 2.45) is 0 Å². The number of carbonyl (C=O) groups excluding carboxylic acids is 1. The minimum absolute atomic E-state index is 0.197. The van der Waals surface area contributed by atoms with Crippen LogP contribution in [0.15, 0.2) is 30.6 Å². The first-order valence-corrected chi connectivity index (χ1v) is 8.49. The van der Waals surface area contributed by atoms with Crippen LogP contribution in [0, 0.1) is 0 Å². The second-order valence-corrected chi connectivity index (χ2v) is 6.39. The number of carbonyl (C=O) groups is 1. The Morgan fingerprint density at radius 2 is 2.12 bits per heavy atom. The molecule has 8 heteroatoms. The topological polar surface area (TPSA) is 90.6 Å². The van der Waals surface area contributed by atoms with Crippen LogP contribution < -0.4 is 14.8 Å². The van der Waals surface area contributed by atoms with E-state index in [1.54, 1.807) is 10.6 Å². The van der Waals surface area contributed by atoms with Gasteiger partial charge in [-0.1, -0.05) is 19.9 Å². The lowest BCUT2D eigenvalue weighted by molar-refractivity contribution is 0.0949. The van der Waals surface area contributed by atoms with E-state index in [9.17, 15) is 4.79 Å². The monoisotopic (exact) mass is 353 g/mol. The highest BCUT2D eigenvalue weighted by atomic mass is 16.7. The van der Waals surface area contributed by atoms with Crippen molar-refractivity contribution in [3.8, 4) is 11.5 Å². The summed E-state index contributed by atoms with van der Waals surface area (Å²) in [4.78, 5) is 20.9. The fourth-order valence-electron chi connectivity index (χ4n) is 2.87. The number of hydrogen-bond acceptors (Lipinski definition) is 6. The van der Waals surface area contributed by atoms with E-state index in [-0.39, 0.29) is 18.6 Å². The predicted molar refractivity (Wildman–Crippen MR) is 93.5 cm³/mol. The molecule has 134 valence electrons. The third-order valence-electron chi connectivity index (χ3n) is 4.24. The molecule has 0 saturated carbocycles. The molecule has 0 fully saturated rings. The Balaban J connectivity index is 1.44. The molecule has 0 atom stereocenters. The molecule has 2 aromatic heterocycles. The van der Waals surface area contributed by atoms with Crippen molar-refractivity contribution in [1.82, 2.24) is 24.9 Å². The molecule has 3 heterocycles. The quantitative estimate of drug-likeness (QED) is 0.754. The van der Waals surface area contributed by atoms with Gasteiger partial charge in [-0.15, -0.1) is 0 Å². The number of nitrogens with one attached hydrogen (secondary N) is 1. The largest absolute Gasteiger partial charge is 0.454 e. The second-order valence-electron chi connectivity index (χ2n) is 6.39. The lowest BCUT2D eigenvalue weighted by Gasteiger charge is -2.10. The number of aromatic nitrogens is 4. The molecule has 1 aliphatic heterocycles. The molecule has 0 saturated heterocycles. The summed E-state index contributed by atoms with van der Waals surface area (Å²) >= 11 is 0. The third-order valence-corrected chi connectivity index (χ3v) is 4.24. The van der Waals surface area contributed by atoms with E-state index < -0.39 is 0 Å². The maximum absolute atomic E-state index is 12.5. The summed E-state index contributed by atoms with van der Waals surface area (Å²) in [6.07, 6.45) is 2.13. The lowest BCUT2D eigenvalue weighted by atomic mass is 10.1. The maximum atomic E-state index is 12.5. The van der Waals surface area contributed by atoms with Gasteiger partial charge in [-0.3, -0.25) is 4.79 Å². The average molecular weight is 353 g/mol. The molecular weight excluding hydrogens is 334 g/mol. The molecule has 4 rings (SSSR count). The van der Waals surface area contributed by atoms with E-state index in [1.165, 1.54) is 6.33 Å². The first-order valence-electron chi connectivity index (χ1n) is 8.49. The highest BCUT2D eigenvalue weighted by molar-refractivity contribution is 5.92. The smallest absolute Gasteiger partial charge is 0.270 e. The SMILES string of the molecule is CC(C)c1cc(C(=O)NCCc2ccc3c(c2)OCO3)nc2ncnn12. The van der Waals surface area contributed by atoms with Gasteiger partial charge in [0.1, 0.15) is 12.0 Å². The molecule has 8 nitrogen and oxygen atoms in total. The van der Waals surface area contributed by atoms with Crippen molar-refractivity contribution >= 4 is 11.7 Å². The molecule has 0 unspecified atom stereocenters. The molecule has 0 bridgehead atoms. The van der Waals surface area contributed by atoms with E-state index >= 15 is 0 Å². The summed E-state index contributed by atoms with van der Waals surface area (Å²) in [6.45, 7) is 4.83. The van der Waals surface area contributed by atoms with Gasteiger partial charge in [-0.25, -0.2) is 9.50 Å². The number of nitrogens with zero attached hydrogens (tertiary/aromatic N) is 4. The van der Waals surface area contributed by atoms with E-state index in [0.717, 1.165) is 22.8 Å². The summed E-state index contributed by atoms with van der Waals surface area (Å²) < 4.78 is 12.3. The number of amides is 1. The van der Waals surface area contributed by atoms with Crippen molar-refractivity contribution in [2.45, 2.75) is 26.2 Å². The highest BCUT2D eigenvalue weighted by Gasteiger charge is 2.16. The molecule has 1 aromatic carbocycles.